The minimum Gasteiger partial charge on any atom is -0.436 e. The van der Waals surface area contributed by atoms with Gasteiger partial charge < -0.3 is 9.73 Å². The number of aromatic nitrogens is 1. The summed E-state index contributed by atoms with van der Waals surface area (Å²) in [5.41, 5.74) is 2.15. The van der Waals surface area contributed by atoms with Crippen LogP contribution >= 0.6 is 15.9 Å². The molecule has 0 aliphatic heterocycles. The zero-order chi connectivity index (χ0) is 17.1. The number of nitrogens with zero attached hydrogens (tertiary/aromatic N) is 1. The van der Waals surface area contributed by atoms with E-state index in [9.17, 15) is 4.79 Å². The molecule has 0 bridgehead atoms. The number of hydrogen-bond acceptors (Lipinski definition) is 3. The Kier molecular flexibility index (Phi) is 4.81. The summed E-state index contributed by atoms with van der Waals surface area (Å²) < 4.78 is 6.86. The molecular weight excluding hydrogens is 368 g/mol. The SMILES string of the molecule is CC(C)NC(=O)c1ccccc1-c1ncc(-c2cccc(Br)c2)o1. The highest BCUT2D eigenvalue weighted by molar-refractivity contribution is 9.10. The van der Waals surface area contributed by atoms with Gasteiger partial charge in [0.1, 0.15) is 0 Å². The molecule has 0 atom stereocenters. The lowest BCUT2D eigenvalue weighted by molar-refractivity contribution is 0.0943. The normalized spacial score (nSPS) is 10.8. The number of carbonyl (C=O) groups excluding carboxylic acids is 1. The highest BCUT2D eigenvalue weighted by atomic mass is 79.9. The highest BCUT2D eigenvalue weighted by Crippen LogP contribution is 2.29. The van der Waals surface area contributed by atoms with Gasteiger partial charge in [-0.2, -0.15) is 0 Å². The molecule has 1 aromatic heterocycles. The first kappa shape index (κ1) is 16.5. The van der Waals surface area contributed by atoms with Crippen LogP contribution in [0.2, 0.25) is 0 Å². The quantitative estimate of drug-likeness (QED) is 0.694. The topological polar surface area (TPSA) is 55.1 Å². The number of halogens is 1. The van der Waals surface area contributed by atoms with Crippen molar-refractivity contribution < 1.29 is 9.21 Å². The second kappa shape index (κ2) is 7.01. The molecule has 0 radical (unpaired) electrons. The Labute approximate surface area is 149 Å². The maximum absolute atomic E-state index is 12.4. The van der Waals surface area contributed by atoms with Crippen LogP contribution in [0, 0.1) is 0 Å². The van der Waals surface area contributed by atoms with Crippen molar-refractivity contribution in [3.8, 4) is 22.8 Å². The molecule has 0 aliphatic rings. The molecule has 2 aromatic carbocycles. The summed E-state index contributed by atoms with van der Waals surface area (Å²) in [6.45, 7) is 3.86. The molecule has 3 aromatic rings. The van der Waals surface area contributed by atoms with Crippen LogP contribution in [-0.4, -0.2) is 16.9 Å². The summed E-state index contributed by atoms with van der Waals surface area (Å²) in [6.07, 6.45) is 1.67. The zero-order valence-corrected chi connectivity index (χ0v) is 15.0. The van der Waals surface area contributed by atoms with E-state index in [1.54, 1.807) is 12.3 Å². The maximum atomic E-state index is 12.4. The Hall–Kier alpha value is -2.40. The number of carbonyl (C=O) groups is 1. The van der Waals surface area contributed by atoms with Crippen molar-refractivity contribution >= 4 is 21.8 Å². The number of oxazole rings is 1. The molecule has 3 rings (SSSR count). The van der Waals surface area contributed by atoms with E-state index >= 15 is 0 Å². The minimum absolute atomic E-state index is 0.0624. The molecule has 122 valence electrons. The van der Waals surface area contributed by atoms with Crippen LogP contribution in [0.4, 0.5) is 0 Å². The average molecular weight is 385 g/mol. The Bertz CT molecular complexity index is 871. The van der Waals surface area contributed by atoms with Gasteiger partial charge in [0.25, 0.3) is 5.91 Å². The molecule has 5 heteroatoms. The van der Waals surface area contributed by atoms with Crippen molar-refractivity contribution in [2.75, 3.05) is 0 Å². The molecule has 1 N–H and O–H groups in total. The largest absolute Gasteiger partial charge is 0.436 e. The summed E-state index contributed by atoms with van der Waals surface area (Å²) in [5, 5.41) is 2.90. The first-order valence-corrected chi connectivity index (χ1v) is 8.46. The van der Waals surface area contributed by atoms with Gasteiger partial charge in [-0.1, -0.05) is 40.2 Å². The first-order valence-electron chi connectivity index (χ1n) is 7.66. The monoisotopic (exact) mass is 384 g/mol. The van der Waals surface area contributed by atoms with Gasteiger partial charge >= 0.3 is 0 Å². The van der Waals surface area contributed by atoms with Crippen LogP contribution in [-0.2, 0) is 0 Å². The van der Waals surface area contributed by atoms with E-state index in [0.717, 1.165) is 10.0 Å². The van der Waals surface area contributed by atoms with Crippen molar-refractivity contribution in [2.24, 2.45) is 0 Å². The average Bonchev–Trinajstić information content (AvgIpc) is 3.04. The minimum atomic E-state index is -0.136. The lowest BCUT2D eigenvalue weighted by atomic mass is 10.1. The van der Waals surface area contributed by atoms with Gasteiger partial charge in [-0.25, -0.2) is 4.98 Å². The summed E-state index contributed by atoms with van der Waals surface area (Å²) >= 11 is 3.45. The molecular formula is C19H17BrN2O2. The van der Waals surface area contributed by atoms with Crippen molar-refractivity contribution in [3.05, 3.63) is 64.8 Å². The highest BCUT2D eigenvalue weighted by Gasteiger charge is 2.17. The van der Waals surface area contributed by atoms with E-state index in [1.807, 2.05) is 56.3 Å². The molecule has 0 aliphatic carbocycles. The van der Waals surface area contributed by atoms with Crippen molar-refractivity contribution in [3.63, 3.8) is 0 Å². The molecule has 0 spiro atoms. The number of rotatable bonds is 4. The van der Waals surface area contributed by atoms with Crippen molar-refractivity contribution in [2.45, 2.75) is 19.9 Å². The third-order valence-electron chi connectivity index (χ3n) is 3.44. The lowest BCUT2D eigenvalue weighted by Gasteiger charge is -2.10. The number of amides is 1. The predicted molar refractivity (Wildman–Crippen MR) is 97.7 cm³/mol. The van der Waals surface area contributed by atoms with Gasteiger partial charge in [-0.3, -0.25) is 4.79 Å². The van der Waals surface area contributed by atoms with Gasteiger partial charge in [0, 0.05) is 21.6 Å². The molecule has 0 unspecified atom stereocenters. The van der Waals surface area contributed by atoms with Gasteiger partial charge in [0.05, 0.1) is 11.8 Å². The van der Waals surface area contributed by atoms with Gasteiger partial charge in [0.2, 0.25) is 5.89 Å². The van der Waals surface area contributed by atoms with E-state index in [4.69, 9.17) is 4.42 Å². The summed E-state index contributed by atoms with van der Waals surface area (Å²) in [6, 6.07) is 15.2. The maximum Gasteiger partial charge on any atom is 0.252 e. The third kappa shape index (κ3) is 3.57. The predicted octanol–water partition coefficient (Wildman–Crippen LogP) is 4.91. The van der Waals surface area contributed by atoms with Gasteiger partial charge in [0.15, 0.2) is 5.76 Å². The summed E-state index contributed by atoms with van der Waals surface area (Å²) in [4.78, 5) is 16.7. The Morgan fingerprint density at radius 1 is 1.17 bits per heavy atom. The molecule has 0 saturated heterocycles. The first-order chi connectivity index (χ1) is 11.5. The van der Waals surface area contributed by atoms with Gasteiger partial charge in [-0.05, 0) is 38.1 Å². The molecule has 0 saturated carbocycles. The number of benzene rings is 2. The van der Waals surface area contributed by atoms with E-state index in [2.05, 4.69) is 26.2 Å². The van der Waals surface area contributed by atoms with Crippen LogP contribution in [0.5, 0.6) is 0 Å². The van der Waals surface area contributed by atoms with Crippen LogP contribution in [0.15, 0.2) is 63.6 Å². The Morgan fingerprint density at radius 3 is 2.71 bits per heavy atom. The van der Waals surface area contributed by atoms with Crippen LogP contribution in [0.3, 0.4) is 0 Å². The van der Waals surface area contributed by atoms with Crippen molar-refractivity contribution in [1.29, 1.82) is 0 Å². The molecule has 24 heavy (non-hydrogen) atoms. The fourth-order valence-corrected chi connectivity index (χ4v) is 2.78. The molecule has 1 amide bonds. The zero-order valence-electron chi connectivity index (χ0n) is 13.4. The molecule has 4 nitrogen and oxygen atoms in total. The summed E-state index contributed by atoms with van der Waals surface area (Å²) in [5.74, 6) is 0.952. The lowest BCUT2D eigenvalue weighted by Crippen LogP contribution is -2.30. The second-order valence-corrected chi connectivity index (χ2v) is 6.63. The van der Waals surface area contributed by atoms with E-state index < -0.39 is 0 Å². The van der Waals surface area contributed by atoms with E-state index in [-0.39, 0.29) is 11.9 Å². The molecule has 0 fully saturated rings. The molecule has 1 heterocycles. The van der Waals surface area contributed by atoms with E-state index in [0.29, 0.717) is 22.8 Å². The Balaban J connectivity index is 1.98. The fraction of sp³-hybridized carbons (Fsp3) is 0.158. The second-order valence-electron chi connectivity index (χ2n) is 5.71. The van der Waals surface area contributed by atoms with E-state index in [1.165, 1.54) is 0 Å². The van der Waals surface area contributed by atoms with Crippen LogP contribution < -0.4 is 5.32 Å². The standard InChI is InChI=1S/C19H17BrN2O2/c1-12(2)22-18(23)15-8-3-4-9-16(15)19-21-11-17(24-19)13-6-5-7-14(20)10-13/h3-12H,1-2H3,(H,22,23). The number of nitrogens with one attached hydrogen (secondary N) is 1. The van der Waals surface area contributed by atoms with Crippen LogP contribution in [0.1, 0.15) is 24.2 Å². The van der Waals surface area contributed by atoms with Crippen LogP contribution in [0.25, 0.3) is 22.8 Å². The third-order valence-corrected chi connectivity index (χ3v) is 3.93. The van der Waals surface area contributed by atoms with Crippen molar-refractivity contribution in [1.82, 2.24) is 10.3 Å². The Morgan fingerprint density at radius 2 is 1.96 bits per heavy atom. The van der Waals surface area contributed by atoms with Gasteiger partial charge in [-0.15, -0.1) is 0 Å². The number of hydrogen-bond donors (Lipinski definition) is 1. The smallest absolute Gasteiger partial charge is 0.252 e. The fourth-order valence-electron chi connectivity index (χ4n) is 2.38. The summed E-state index contributed by atoms with van der Waals surface area (Å²) in [7, 11) is 0.